The molecule has 2 aliphatic rings. The molecule has 2 saturated heterocycles. The van der Waals surface area contributed by atoms with Gasteiger partial charge >= 0.3 is 0 Å². The topological polar surface area (TPSA) is 66.5 Å². The maximum atomic E-state index is 12.0. The van der Waals surface area contributed by atoms with Gasteiger partial charge in [0.25, 0.3) is 0 Å². The zero-order valence-corrected chi connectivity index (χ0v) is 10.3. The van der Waals surface area contributed by atoms with Gasteiger partial charge in [-0.05, 0) is 32.7 Å². The summed E-state index contributed by atoms with van der Waals surface area (Å²) >= 11 is 0. The molecule has 1 amide bonds. The molecule has 0 aromatic heterocycles. The molecular weight excluding hydrogens is 228 g/mol. The Morgan fingerprint density at radius 2 is 2.12 bits per heavy atom. The van der Waals surface area contributed by atoms with Gasteiger partial charge in [0, 0.05) is 6.54 Å². The second-order valence-electron chi connectivity index (χ2n) is 4.52. The molecule has 0 aliphatic carbocycles. The molecule has 16 heavy (non-hydrogen) atoms. The highest BCUT2D eigenvalue weighted by Crippen LogP contribution is 2.25. The predicted molar refractivity (Wildman–Crippen MR) is 60.6 cm³/mol. The van der Waals surface area contributed by atoms with E-state index in [1.54, 1.807) is 11.8 Å². The average molecular weight is 246 g/mol. The minimum atomic E-state index is -3.08. The molecule has 0 bridgehead atoms. The van der Waals surface area contributed by atoms with Crippen LogP contribution in [0.15, 0.2) is 0 Å². The van der Waals surface area contributed by atoms with Crippen LogP contribution < -0.4 is 5.32 Å². The normalized spacial score (nSPS) is 35.1. The van der Waals surface area contributed by atoms with Gasteiger partial charge in [0.2, 0.25) is 5.91 Å². The molecule has 2 rings (SSSR count). The summed E-state index contributed by atoms with van der Waals surface area (Å²) in [5.41, 5.74) is 0. The Kier molecular flexibility index (Phi) is 3.21. The molecule has 2 aliphatic heterocycles. The van der Waals surface area contributed by atoms with E-state index >= 15 is 0 Å². The summed E-state index contributed by atoms with van der Waals surface area (Å²) in [4.78, 5) is 13.6. The predicted octanol–water partition coefficient (Wildman–Crippen LogP) is -0.268. The largest absolute Gasteiger partial charge is 0.324 e. The zero-order chi connectivity index (χ0) is 11.8. The van der Waals surface area contributed by atoms with Crippen molar-refractivity contribution < 1.29 is 13.2 Å². The third-order valence-corrected chi connectivity index (χ3v) is 5.50. The van der Waals surface area contributed by atoms with Crippen LogP contribution in [0.2, 0.25) is 0 Å². The number of carbonyl (C=O) groups is 1. The lowest BCUT2D eigenvalue weighted by atomic mass is 10.2. The number of nitrogens with zero attached hydrogens (tertiary/aromatic N) is 1. The number of amides is 1. The molecular formula is C10H18N2O3S. The number of sulfone groups is 1. The number of hydrogen-bond acceptors (Lipinski definition) is 4. The van der Waals surface area contributed by atoms with E-state index in [0.29, 0.717) is 19.4 Å². The van der Waals surface area contributed by atoms with Gasteiger partial charge in [-0.1, -0.05) is 0 Å². The number of nitrogens with one attached hydrogen (secondary N) is 1. The first kappa shape index (κ1) is 11.9. The van der Waals surface area contributed by atoms with E-state index in [1.165, 1.54) is 0 Å². The van der Waals surface area contributed by atoms with Gasteiger partial charge in [0.05, 0.1) is 11.8 Å². The fourth-order valence-corrected chi connectivity index (χ4v) is 4.39. The van der Waals surface area contributed by atoms with Gasteiger partial charge in [0.1, 0.15) is 5.37 Å². The molecule has 0 radical (unpaired) electrons. The van der Waals surface area contributed by atoms with Crippen molar-refractivity contribution in [1.82, 2.24) is 10.2 Å². The Hall–Kier alpha value is -0.620. The Bertz CT molecular complexity index is 380. The van der Waals surface area contributed by atoms with Gasteiger partial charge in [-0.15, -0.1) is 0 Å². The molecule has 2 heterocycles. The van der Waals surface area contributed by atoms with E-state index < -0.39 is 15.2 Å². The van der Waals surface area contributed by atoms with Gasteiger partial charge in [-0.25, -0.2) is 8.42 Å². The molecule has 6 heteroatoms. The van der Waals surface area contributed by atoms with Crippen molar-refractivity contribution >= 4 is 15.7 Å². The second kappa shape index (κ2) is 4.33. The lowest BCUT2D eigenvalue weighted by Crippen LogP contribution is -2.48. The fourth-order valence-electron chi connectivity index (χ4n) is 2.42. The highest BCUT2D eigenvalue weighted by atomic mass is 32.2. The quantitative estimate of drug-likeness (QED) is 0.692. The minimum Gasteiger partial charge on any atom is -0.324 e. The van der Waals surface area contributed by atoms with E-state index in [9.17, 15) is 13.2 Å². The summed E-state index contributed by atoms with van der Waals surface area (Å²) in [6, 6.07) is -0.265. The minimum absolute atomic E-state index is 0.0759. The van der Waals surface area contributed by atoms with Crippen molar-refractivity contribution in [3.05, 3.63) is 0 Å². The lowest BCUT2D eigenvalue weighted by Gasteiger charge is -2.28. The first-order chi connectivity index (χ1) is 7.52. The van der Waals surface area contributed by atoms with Crippen molar-refractivity contribution in [2.24, 2.45) is 0 Å². The SMILES string of the molecule is CC1NCCCN(C2CCCS2(=O)=O)C1=O. The van der Waals surface area contributed by atoms with Crippen LogP contribution >= 0.6 is 0 Å². The monoisotopic (exact) mass is 246 g/mol. The third-order valence-electron chi connectivity index (χ3n) is 3.32. The molecule has 0 saturated carbocycles. The Labute approximate surface area is 96.1 Å². The summed E-state index contributed by atoms with van der Waals surface area (Å²) in [7, 11) is -3.08. The van der Waals surface area contributed by atoms with Crippen LogP contribution in [0, 0.1) is 0 Å². The molecule has 5 nitrogen and oxygen atoms in total. The van der Waals surface area contributed by atoms with Gasteiger partial charge in [-0.2, -0.15) is 0 Å². The van der Waals surface area contributed by atoms with Crippen molar-refractivity contribution in [2.45, 2.75) is 37.6 Å². The van der Waals surface area contributed by atoms with Crippen molar-refractivity contribution in [3.8, 4) is 0 Å². The van der Waals surface area contributed by atoms with Gasteiger partial charge < -0.3 is 10.2 Å². The van der Waals surface area contributed by atoms with Crippen LogP contribution in [0.25, 0.3) is 0 Å². The van der Waals surface area contributed by atoms with E-state index in [-0.39, 0.29) is 17.7 Å². The first-order valence-corrected chi connectivity index (χ1v) is 7.49. The highest BCUT2D eigenvalue weighted by Gasteiger charge is 2.39. The van der Waals surface area contributed by atoms with Crippen LogP contribution in [-0.2, 0) is 14.6 Å². The standard InChI is InChI=1S/C10H18N2O3S/c1-8-10(13)12(6-3-5-11-8)9-4-2-7-16(9,14)15/h8-9,11H,2-7H2,1H3. The Balaban J connectivity index is 2.21. The molecule has 0 aromatic carbocycles. The summed E-state index contributed by atoms with van der Waals surface area (Å²) < 4.78 is 23.6. The molecule has 0 spiro atoms. The van der Waals surface area contributed by atoms with Crippen molar-refractivity contribution in [1.29, 1.82) is 0 Å². The number of carbonyl (C=O) groups excluding carboxylic acids is 1. The second-order valence-corrected chi connectivity index (χ2v) is 6.80. The third kappa shape index (κ3) is 2.08. The van der Waals surface area contributed by atoms with E-state index in [1.807, 2.05) is 0 Å². The molecule has 2 atom stereocenters. The summed E-state index contributed by atoms with van der Waals surface area (Å²) in [5.74, 6) is 0.150. The Morgan fingerprint density at radius 1 is 1.38 bits per heavy atom. The number of rotatable bonds is 1. The van der Waals surface area contributed by atoms with E-state index in [4.69, 9.17) is 0 Å². The highest BCUT2D eigenvalue weighted by molar-refractivity contribution is 7.92. The lowest BCUT2D eigenvalue weighted by molar-refractivity contribution is -0.133. The molecule has 2 unspecified atom stereocenters. The molecule has 92 valence electrons. The molecule has 0 aromatic rings. The van der Waals surface area contributed by atoms with Crippen molar-refractivity contribution in [2.75, 3.05) is 18.8 Å². The molecule has 2 fully saturated rings. The summed E-state index contributed by atoms with van der Waals surface area (Å²) in [6.45, 7) is 3.12. The van der Waals surface area contributed by atoms with Crippen LogP contribution in [0.4, 0.5) is 0 Å². The van der Waals surface area contributed by atoms with Gasteiger partial charge in [-0.3, -0.25) is 4.79 Å². The summed E-state index contributed by atoms with van der Waals surface area (Å²) in [5, 5.41) is 2.52. The molecule has 1 N–H and O–H groups in total. The van der Waals surface area contributed by atoms with Crippen LogP contribution in [0.1, 0.15) is 26.2 Å². The van der Waals surface area contributed by atoms with Crippen molar-refractivity contribution in [3.63, 3.8) is 0 Å². The summed E-state index contributed by atoms with van der Waals surface area (Å²) in [6.07, 6.45) is 2.10. The van der Waals surface area contributed by atoms with E-state index in [0.717, 1.165) is 13.0 Å². The Morgan fingerprint density at radius 3 is 2.75 bits per heavy atom. The zero-order valence-electron chi connectivity index (χ0n) is 9.48. The van der Waals surface area contributed by atoms with Gasteiger partial charge in [0.15, 0.2) is 9.84 Å². The first-order valence-electron chi connectivity index (χ1n) is 5.78. The smallest absolute Gasteiger partial charge is 0.240 e. The fraction of sp³-hybridized carbons (Fsp3) is 0.900. The van der Waals surface area contributed by atoms with Crippen LogP contribution in [0.5, 0.6) is 0 Å². The maximum Gasteiger partial charge on any atom is 0.240 e. The maximum absolute atomic E-state index is 12.0. The van der Waals surface area contributed by atoms with Crippen LogP contribution in [0.3, 0.4) is 0 Å². The average Bonchev–Trinajstić information content (AvgIpc) is 2.48. The number of hydrogen-bond donors (Lipinski definition) is 1. The van der Waals surface area contributed by atoms with E-state index in [2.05, 4.69) is 5.32 Å². The van der Waals surface area contributed by atoms with Crippen LogP contribution in [-0.4, -0.2) is 49.5 Å².